The van der Waals surface area contributed by atoms with E-state index in [-0.39, 0.29) is 10.6 Å². The third-order valence-corrected chi connectivity index (χ3v) is 3.73. The van der Waals surface area contributed by atoms with Crippen molar-refractivity contribution in [3.05, 3.63) is 52.0 Å². The normalized spacial score (nSPS) is 11.5. The third kappa shape index (κ3) is 1.76. The molecule has 3 aromatic heterocycles. The van der Waals surface area contributed by atoms with Gasteiger partial charge < -0.3 is 4.98 Å². The molecule has 0 atom stereocenters. The average molecular weight is 300 g/mol. The van der Waals surface area contributed by atoms with Crippen LogP contribution in [0.4, 0.5) is 0 Å². The SMILES string of the molecule is Cn1cc2cc(-n3nc4cc[nH]c4c(Cl)c3=O)ccc2n1. The van der Waals surface area contributed by atoms with E-state index in [9.17, 15) is 4.79 Å². The van der Waals surface area contributed by atoms with Crippen LogP contribution in [0.3, 0.4) is 0 Å². The van der Waals surface area contributed by atoms with Crippen LogP contribution >= 0.6 is 11.6 Å². The first kappa shape index (κ1) is 12.2. The highest BCUT2D eigenvalue weighted by atomic mass is 35.5. The molecule has 3 heterocycles. The van der Waals surface area contributed by atoms with Gasteiger partial charge in [0.05, 0.1) is 16.7 Å². The highest BCUT2D eigenvalue weighted by Gasteiger charge is 2.12. The minimum absolute atomic E-state index is 0.135. The summed E-state index contributed by atoms with van der Waals surface area (Å²) in [6, 6.07) is 7.30. The fourth-order valence-electron chi connectivity index (χ4n) is 2.42. The molecule has 0 aliphatic heterocycles. The van der Waals surface area contributed by atoms with Crippen LogP contribution in [0, 0.1) is 0 Å². The summed E-state index contributed by atoms with van der Waals surface area (Å²) in [7, 11) is 1.85. The first-order chi connectivity index (χ1) is 10.1. The van der Waals surface area contributed by atoms with Gasteiger partial charge in [-0.2, -0.15) is 14.9 Å². The Morgan fingerprint density at radius 2 is 2.05 bits per heavy atom. The zero-order valence-corrected chi connectivity index (χ0v) is 11.8. The van der Waals surface area contributed by atoms with Crippen molar-refractivity contribution >= 4 is 33.5 Å². The van der Waals surface area contributed by atoms with Crippen molar-refractivity contribution in [1.82, 2.24) is 24.5 Å². The molecule has 0 spiro atoms. The second kappa shape index (κ2) is 4.20. The summed E-state index contributed by atoms with van der Waals surface area (Å²) in [4.78, 5) is 15.3. The first-order valence-corrected chi connectivity index (χ1v) is 6.71. The number of hydrogen-bond acceptors (Lipinski definition) is 3. The van der Waals surface area contributed by atoms with Gasteiger partial charge in [0, 0.05) is 24.8 Å². The number of nitrogens with zero attached hydrogens (tertiary/aromatic N) is 4. The van der Waals surface area contributed by atoms with Gasteiger partial charge in [-0.3, -0.25) is 9.48 Å². The number of benzene rings is 1. The van der Waals surface area contributed by atoms with E-state index in [1.807, 2.05) is 25.4 Å². The average Bonchev–Trinajstić information content (AvgIpc) is 3.06. The molecule has 7 heteroatoms. The third-order valence-electron chi connectivity index (χ3n) is 3.38. The van der Waals surface area contributed by atoms with Crippen LogP contribution in [0.1, 0.15) is 0 Å². The van der Waals surface area contributed by atoms with E-state index >= 15 is 0 Å². The van der Waals surface area contributed by atoms with E-state index in [0.29, 0.717) is 16.7 Å². The van der Waals surface area contributed by atoms with Crippen molar-refractivity contribution < 1.29 is 0 Å². The number of hydrogen-bond donors (Lipinski definition) is 1. The molecule has 0 saturated carbocycles. The highest BCUT2D eigenvalue weighted by molar-refractivity contribution is 6.34. The van der Waals surface area contributed by atoms with Gasteiger partial charge in [0.2, 0.25) is 0 Å². The Labute approximate surface area is 123 Å². The molecule has 21 heavy (non-hydrogen) atoms. The number of aromatic amines is 1. The van der Waals surface area contributed by atoms with Crippen molar-refractivity contribution in [2.75, 3.05) is 0 Å². The molecule has 0 aliphatic carbocycles. The molecule has 1 aromatic carbocycles. The Hall–Kier alpha value is -2.60. The van der Waals surface area contributed by atoms with E-state index in [1.165, 1.54) is 4.68 Å². The van der Waals surface area contributed by atoms with Crippen LogP contribution in [0.25, 0.3) is 27.6 Å². The van der Waals surface area contributed by atoms with Gasteiger partial charge in [-0.1, -0.05) is 11.6 Å². The molecule has 0 saturated heterocycles. The Bertz CT molecular complexity index is 1040. The largest absolute Gasteiger partial charge is 0.358 e. The lowest BCUT2D eigenvalue weighted by atomic mass is 10.2. The van der Waals surface area contributed by atoms with Crippen molar-refractivity contribution in [3.8, 4) is 5.69 Å². The number of nitrogens with one attached hydrogen (secondary N) is 1. The van der Waals surface area contributed by atoms with Crippen LogP contribution in [0.15, 0.2) is 41.5 Å². The second-order valence-corrected chi connectivity index (χ2v) is 5.19. The summed E-state index contributed by atoms with van der Waals surface area (Å²) in [5.41, 5.74) is 2.37. The molecular weight excluding hydrogens is 290 g/mol. The number of halogens is 1. The van der Waals surface area contributed by atoms with Crippen LogP contribution in [0.2, 0.25) is 5.02 Å². The molecular formula is C14H10ClN5O. The summed E-state index contributed by atoms with van der Waals surface area (Å²) in [5.74, 6) is 0. The number of fused-ring (bicyclic) bond motifs is 2. The van der Waals surface area contributed by atoms with Crippen molar-refractivity contribution in [3.63, 3.8) is 0 Å². The van der Waals surface area contributed by atoms with Crippen molar-refractivity contribution in [1.29, 1.82) is 0 Å². The maximum absolute atomic E-state index is 12.4. The highest BCUT2D eigenvalue weighted by Crippen LogP contribution is 2.19. The molecule has 4 rings (SSSR count). The zero-order chi connectivity index (χ0) is 14.6. The lowest BCUT2D eigenvalue weighted by molar-refractivity contribution is 0.780. The predicted octanol–water partition coefficient (Wildman–Crippen LogP) is 2.25. The Morgan fingerprint density at radius 3 is 2.90 bits per heavy atom. The Balaban J connectivity index is 2.02. The summed E-state index contributed by atoms with van der Waals surface area (Å²) in [6.07, 6.45) is 3.60. The molecule has 1 N–H and O–H groups in total. The minimum Gasteiger partial charge on any atom is -0.358 e. The molecule has 0 aliphatic rings. The van der Waals surface area contributed by atoms with Gasteiger partial charge >= 0.3 is 0 Å². The first-order valence-electron chi connectivity index (χ1n) is 6.33. The van der Waals surface area contributed by atoms with E-state index < -0.39 is 0 Å². The topological polar surface area (TPSA) is 68.5 Å². The maximum atomic E-state index is 12.4. The van der Waals surface area contributed by atoms with Gasteiger partial charge in [0.25, 0.3) is 5.56 Å². The standard InChI is InChI=1S/C14H10ClN5O/c1-19-7-8-6-9(2-3-10(8)17-19)20-14(21)12(15)13-11(18-20)4-5-16-13/h2-7,16H,1H3. The van der Waals surface area contributed by atoms with Crippen molar-refractivity contribution in [2.45, 2.75) is 0 Å². The lowest BCUT2D eigenvalue weighted by Crippen LogP contribution is -2.21. The molecule has 0 fully saturated rings. The van der Waals surface area contributed by atoms with Crippen molar-refractivity contribution in [2.24, 2.45) is 7.05 Å². The lowest BCUT2D eigenvalue weighted by Gasteiger charge is -2.05. The van der Waals surface area contributed by atoms with Gasteiger partial charge in [0.15, 0.2) is 0 Å². The van der Waals surface area contributed by atoms with E-state index in [0.717, 1.165) is 10.9 Å². The summed E-state index contributed by atoms with van der Waals surface area (Å²) >= 11 is 6.12. The van der Waals surface area contributed by atoms with E-state index in [1.54, 1.807) is 23.0 Å². The zero-order valence-electron chi connectivity index (χ0n) is 11.0. The molecule has 0 amide bonds. The smallest absolute Gasteiger partial charge is 0.292 e. The number of H-pyrrole nitrogens is 1. The quantitative estimate of drug-likeness (QED) is 0.586. The summed E-state index contributed by atoms with van der Waals surface area (Å²) in [6.45, 7) is 0. The second-order valence-electron chi connectivity index (χ2n) is 4.81. The molecule has 104 valence electrons. The van der Waals surface area contributed by atoms with Crippen LogP contribution < -0.4 is 5.56 Å². The van der Waals surface area contributed by atoms with Gasteiger partial charge in [-0.15, -0.1) is 0 Å². The molecule has 0 bridgehead atoms. The number of aromatic nitrogens is 5. The van der Waals surface area contributed by atoms with Gasteiger partial charge in [0.1, 0.15) is 10.5 Å². The number of rotatable bonds is 1. The maximum Gasteiger partial charge on any atom is 0.292 e. The van der Waals surface area contributed by atoms with Crippen LogP contribution in [-0.2, 0) is 7.05 Å². The van der Waals surface area contributed by atoms with Crippen LogP contribution in [-0.4, -0.2) is 24.5 Å². The van der Waals surface area contributed by atoms with Gasteiger partial charge in [-0.25, -0.2) is 0 Å². The van der Waals surface area contributed by atoms with E-state index in [4.69, 9.17) is 11.6 Å². The fourth-order valence-corrected chi connectivity index (χ4v) is 2.65. The minimum atomic E-state index is -0.352. The molecule has 4 aromatic rings. The Kier molecular flexibility index (Phi) is 2.43. The predicted molar refractivity (Wildman–Crippen MR) is 81.0 cm³/mol. The molecule has 0 unspecified atom stereocenters. The molecule has 6 nitrogen and oxygen atoms in total. The summed E-state index contributed by atoms with van der Waals surface area (Å²) < 4.78 is 3.04. The Morgan fingerprint density at radius 1 is 1.19 bits per heavy atom. The summed E-state index contributed by atoms with van der Waals surface area (Å²) in [5, 5.41) is 9.72. The van der Waals surface area contributed by atoms with E-state index in [2.05, 4.69) is 15.2 Å². The van der Waals surface area contributed by atoms with Gasteiger partial charge in [-0.05, 0) is 24.3 Å². The number of aryl methyl sites for hydroxylation is 1. The fraction of sp³-hybridized carbons (Fsp3) is 0.0714. The molecule has 0 radical (unpaired) electrons. The monoisotopic (exact) mass is 299 g/mol. The van der Waals surface area contributed by atoms with Crippen LogP contribution in [0.5, 0.6) is 0 Å².